The van der Waals surface area contributed by atoms with Gasteiger partial charge in [0.2, 0.25) is 0 Å². The van der Waals surface area contributed by atoms with Gasteiger partial charge < -0.3 is 5.32 Å². The third kappa shape index (κ3) is 4.25. The fourth-order valence-electron chi connectivity index (χ4n) is 2.89. The topological polar surface area (TPSA) is 12.0 Å². The fourth-order valence-corrected chi connectivity index (χ4v) is 3.93. The summed E-state index contributed by atoms with van der Waals surface area (Å²) in [6.45, 7) is 5.71. The molecule has 2 atom stereocenters. The van der Waals surface area contributed by atoms with Gasteiger partial charge in [0.05, 0.1) is 4.34 Å². The molecule has 1 heterocycles. The third-order valence-electron chi connectivity index (χ3n) is 4.15. The second-order valence-corrected chi connectivity index (χ2v) is 7.60. The third-order valence-corrected chi connectivity index (χ3v) is 5.38. The molecule has 0 bridgehead atoms. The molecule has 2 unspecified atom stereocenters. The van der Waals surface area contributed by atoms with Crippen molar-refractivity contribution in [1.82, 2.24) is 5.32 Å². The van der Waals surface area contributed by atoms with Gasteiger partial charge in [-0.2, -0.15) is 0 Å². The van der Waals surface area contributed by atoms with Crippen molar-refractivity contribution in [2.24, 2.45) is 11.8 Å². The quantitative estimate of drug-likeness (QED) is 0.759. The zero-order chi connectivity index (χ0) is 13.0. The summed E-state index contributed by atoms with van der Waals surface area (Å²) in [5.41, 5.74) is 0. The van der Waals surface area contributed by atoms with E-state index in [9.17, 15) is 0 Å². The first-order valence-electron chi connectivity index (χ1n) is 7.12. The van der Waals surface area contributed by atoms with E-state index in [1.54, 1.807) is 11.3 Å². The number of halogens is 1. The average molecular weight is 286 g/mol. The van der Waals surface area contributed by atoms with Crippen LogP contribution in [0.1, 0.15) is 50.8 Å². The standard InChI is InChI=1S/C15H24ClNS/c1-11(2)12-4-3-5-13(7-6-12)17-10-14-8-9-15(16)18-14/h8-9,11-13,17H,3-7,10H2,1-2H3. The Morgan fingerprint density at radius 2 is 2.11 bits per heavy atom. The largest absolute Gasteiger partial charge is 0.309 e. The SMILES string of the molecule is CC(C)C1CCCC(NCc2ccc(Cl)s2)CC1. The van der Waals surface area contributed by atoms with E-state index >= 15 is 0 Å². The maximum atomic E-state index is 5.95. The highest BCUT2D eigenvalue weighted by molar-refractivity contribution is 7.16. The van der Waals surface area contributed by atoms with Crippen molar-refractivity contribution in [2.45, 2.75) is 58.5 Å². The Hall–Kier alpha value is -0.0500. The van der Waals surface area contributed by atoms with Gasteiger partial charge >= 0.3 is 0 Å². The van der Waals surface area contributed by atoms with Crippen LogP contribution in [0.4, 0.5) is 0 Å². The Morgan fingerprint density at radius 3 is 2.78 bits per heavy atom. The molecule has 0 radical (unpaired) electrons. The van der Waals surface area contributed by atoms with Crippen LogP contribution in [0.25, 0.3) is 0 Å². The van der Waals surface area contributed by atoms with Crippen molar-refractivity contribution in [3.63, 3.8) is 0 Å². The molecule has 1 aromatic rings. The zero-order valence-corrected chi connectivity index (χ0v) is 13.0. The first-order valence-corrected chi connectivity index (χ1v) is 8.32. The number of hydrogen-bond acceptors (Lipinski definition) is 2. The summed E-state index contributed by atoms with van der Waals surface area (Å²) in [6, 6.07) is 4.83. The Labute approximate surface area is 120 Å². The highest BCUT2D eigenvalue weighted by Gasteiger charge is 2.20. The van der Waals surface area contributed by atoms with Crippen LogP contribution in [0.5, 0.6) is 0 Å². The van der Waals surface area contributed by atoms with Crippen LogP contribution in [0.15, 0.2) is 12.1 Å². The molecule has 0 amide bonds. The summed E-state index contributed by atoms with van der Waals surface area (Å²) in [5.74, 6) is 1.79. The van der Waals surface area contributed by atoms with E-state index in [-0.39, 0.29) is 0 Å². The lowest BCUT2D eigenvalue weighted by Gasteiger charge is -2.19. The number of rotatable bonds is 4. The molecular formula is C15H24ClNS. The molecule has 0 aliphatic heterocycles. The fraction of sp³-hybridized carbons (Fsp3) is 0.733. The summed E-state index contributed by atoms with van der Waals surface area (Å²) in [4.78, 5) is 1.35. The normalized spacial score (nSPS) is 25.3. The lowest BCUT2D eigenvalue weighted by Crippen LogP contribution is -2.27. The van der Waals surface area contributed by atoms with Crippen LogP contribution >= 0.6 is 22.9 Å². The van der Waals surface area contributed by atoms with Crippen LogP contribution in [-0.2, 0) is 6.54 Å². The second kappa shape index (κ2) is 6.93. The van der Waals surface area contributed by atoms with Crippen molar-refractivity contribution in [3.8, 4) is 0 Å². The van der Waals surface area contributed by atoms with Crippen molar-refractivity contribution in [2.75, 3.05) is 0 Å². The lowest BCUT2D eigenvalue weighted by molar-refractivity contribution is 0.338. The molecule has 1 fully saturated rings. The molecule has 102 valence electrons. The summed E-state index contributed by atoms with van der Waals surface area (Å²) in [6.07, 6.45) is 6.86. The van der Waals surface area contributed by atoms with E-state index in [1.165, 1.54) is 37.0 Å². The molecular weight excluding hydrogens is 262 g/mol. The minimum atomic E-state index is 0.703. The van der Waals surface area contributed by atoms with E-state index < -0.39 is 0 Å². The van der Waals surface area contributed by atoms with Gasteiger partial charge in [-0.15, -0.1) is 11.3 Å². The molecule has 0 saturated heterocycles. The monoisotopic (exact) mass is 285 g/mol. The van der Waals surface area contributed by atoms with Crippen molar-refractivity contribution in [1.29, 1.82) is 0 Å². The van der Waals surface area contributed by atoms with Crippen molar-refractivity contribution >= 4 is 22.9 Å². The molecule has 0 aromatic carbocycles. The minimum Gasteiger partial charge on any atom is -0.309 e. The van der Waals surface area contributed by atoms with Crippen LogP contribution in [-0.4, -0.2) is 6.04 Å². The number of thiophene rings is 1. The minimum absolute atomic E-state index is 0.703. The van der Waals surface area contributed by atoms with E-state index in [2.05, 4.69) is 25.2 Å². The van der Waals surface area contributed by atoms with Gasteiger partial charge in [0.25, 0.3) is 0 Å². The molecule has 1 aliphatic carbocycles. The smallest absolute Gasteiger partial charge is 0.0931 e. The van der Waals surface area contributed by atoms with Crippen LogP contribution < -0.4 is 5.32 Å². The van der Waals surface area contributed by atoms with Gasteiger partial charge in [-0.3, -0.25) is 0 Å². The first kappa shape index (κ1) is 14.4. The predicted octanol–water partition coefficient (Wildman–Crippen LogP) is 5.10. The molecule has 0 spiro atoms. The average Bonchev–Trinajstić information content (AvgIpc) is 2.62. The highest BCUT2D eigenvalue weighted by Crippen LogP contribution is 2.29. The van der Waals surface area contributed by atoms with Gasteiger partial charge in [-0.1, -0.05) is 38.3 Å². The molecule has 1 aliphatic rings. The van der Waals surface area contributed by atoms with Crippen LogP contribution in [0.2, 0.25) is 4.34 Å². The van der Waals surface area contributed by atoms with Gasteiger partial charge in [0, 0.05) is 17.5 Å². The first-order chi connectivity index (χ1) is 8.65. The molecule has 1 N–H and O–H groups in total. The van der Waals surface area contributed by atoms with Gasteiger partial charge in [0.1, 0.15) is 0 Å². The summed E-state index contributed by atoms with van der Waals surface area (Å²) >= 11 is 7.64. The van der Waals surface area contributed by atoms with E-state index in [4.69, 9.17) is 11.6 Å². The van der Waals surface area contributed by atoms with Gasteiger partial charge in [0.15, 0.2) is 0 Å². The number of nitrogens with one attached hydrogen (secondary N) is 1. The molecule has 1 nitrogen and oxygen atoms in total. The van der Waals surface area contributed by atoms with E-state index in [0.29, 0.717) is 6.04 Å². The molecule has 18 heavy (non-hydrogen) atoms. The Bertz CT molecular complexity index is 361. The van der Waals surface area contributed by atoms with E-state index in [1.807, 2.05) is 6.07 Å². The molecule has 1 saturated carbocycles. The summed E-state index contributed by atoms with van der Waals surface area (Å²) < 4.78 is 0.896. The number of hydrogen-bond donors (Lipinski definition) is 1. The molecule has 1 aromatic heterocycles. The summed E-state index contributed by atoms with van der Waals surface area (Å²) in [5, 5.41) is 3.70. The molecule has 2 rings (SSSR count). The van der Waals surface area contributed by atoms with Gasteiger partial charge in [-0.05, 0) is 43.2 Å². The predicted molar refractivity (Wildman–Crippen MR) is 81.4 cm³/mol. The van der Waals surface area contributed by atoms with Crippen molar-refractivity contribution in [3.05, 3.63) is 21.3 Å². The van der Waals surface area contributed by atoms with E-state index in [0.717, 1.165) is 22.7 Å². The van der Waals surface area contributed by atoms with Crippen LogP contribution in [0.3, 0.4) is 0 Å². The lowest BCUT2D eigenvalue weighted by atomic mass is 9.89. The summed E-state index contributed by atoms with van der Waals surface area (Å²) in [7, 11) is 0. The Kier molecular flexibility index (Phi) is 5.53. The molecule has 3 heteroatoms. The Morgan fingerprint density at radius 1 is 1.28 bits per heavy atom. The Balaban J connectivity index is 1.77. The highest BCUT2D eigenvalue weighted by atomic mass is 35.5. The van der Waals surface area contributed by atoms with Crippen LogP contribution in [0, 0.1) is 11.8 Å². The van der Waals surface area contributed by atoms with Crippen molar-refractivity contribution < 1.29 is 0 Å². The zero-order valence-electron chi connectivity index (χ0n) is 11.4. The maximum absolute atomic E-state index is 5.95. The van der Waals surface area contributed by atoms with Gasteiger partial charge in [-0.25, -0.2) is 0 Å². The maximum Gasteiger partial charge on any atom is 0.0931 e. The second-order valence-electron chi connectivity index (χ2n) is 5.80.